The van der Waals surface area contributed by atoms with Gasteiger partial charge in [0.25, 0.3) is 0 Å². The van der Waals surface area contributed by atoms with Gasteiger partial charge in [-0.15, -0.1) is 0 Å². The summed E-state index contributed by atoms with van der Waals surface area (Å²) in [6.45, 7) is 1.19. The maximum atomic E-state index is 12.1. The van der Waals surface area contributed by atoms with Gasteiger partial charge in [0, 0.05) is 4.91 Å². The van der Waals surface area contributed by atoms with Crippen molar-refractivity contribution in [1.29, 1.82) is 0 Å². The molecule has 8 nitrogen and oxygen atoms in total. The number of benzene rings is 1. The van der Waals surface area contributed by atoms with E-state index in [2.05, 4.69) is 10.0 Å². The Morgan fingerprint density at radius 1 is 1.45 bits per heavy atom. The predicted molar refractivity (Wildman–Crippen MR) is 76.0 cm³/mol. The minimum absolute atomic E-state index is 0.314. The largest absolute Gasteiger partial charge is 0.455 e. The Hall–Kier alpha value is -2.12. The van der Waals surface area contributed by atoms with Crippen molar-refractivity contribution in [3.05, 3.63) is 46.3 Å². The van der Waals surface area contributed by atoms with E-state index in [0.717, 1.165) is 0 Å². The average Bonchev–Trinajstić information content (AvgIpc) is 2.54. The number of hydrogen-bond donors (Lipinski definition) is 2. The second-order valence-electron chi connectivity index (χ2n) is 4.98. The van der Waals surface area contributed by atoms with Crippen LogP contribution in [0.5, 0.6) is 0 Å². The highest BCUT2D eigenvalue weighted by molar-refractivity contribution is 5.89. The molecule has 3 unspecified atom stereocenters. The van der Waals surface area contributed by atoms with Crippen molar-refractivity contribution in [2.45, 2.75) is 37.4 Å². The molecule has 1 aliphatic rings. The van der Waals surface area contributed by atoms with Crippen molar-refractivity contribution in [1.82, 2.24) is 0 Å². The van der Waals surface area contributed by atoms with Gasteiger partial charge in [0.1, 0.15) is 24.4 Å². The molecule has 5 atom stereocenters. The van der Waals surface area contributed by atoms with E-state index in [1.807, 2.05) is 0 Å². The van der Waals surface area contributed by atoms with Crippen LogP contribution in [0.25, 0.3) is 10.4 Å². The molecule has 1 heterocycles. The molecule has 0 radical (unpaired) electrons. The molecule has 118 valence electrons. The average molecular weight is 307 g/mol. The fourth-order valence-electron chi connectivity index (χ4n) is 2.39. The third kappa shape index (κ3) is 3.37. The molecule has 1 fully saturated rings. The van der Waals surface area contributed by atoms with Gasteiger partial charge in [0.05, 0.1) is 18.3 Å². The van der Waals surface area contributed by atoms with E-state index in [1.54, 1.807) is 37.3 Å². The number of aliphatic hydroxyl groups excluding tert-OH is 2. The molecular formula is C14H17N3O5. The molecule has 1 saturated heterocycles. The Bertz CT molecular complexity index is 561. The van der Waals surface area contributed by atoms with Gasteiger partial charge in [0.2, 0.25) is 0 Å². The number of rotatable bonds is 4. The Balaban J connectivity index is 2.22. The Labute approximate surface area is 126 Å². The minimum Gasteiger partial charge on any atom is -0.455 e. The zero-order valence-corrected chi connectivity index (χ0v) is 11.9. The summed E-state index contributed by atoms with van der Waals surface area (Å²) >= 11 is 0. The lowest BCUT2D eigenvalue weighted by Gasteiger charge is -2.41. The molecule has 1 aliphatic heterocycles. The van der Waals surface area contributed by atoms with Crippen LogP contribution >= 0.6 is 0 Å². The monoisotopic (exact) mass is 307 g/mol. The number of carbonyl (C=O) groups is 1. The maximum absolute atomic E-state index is 12.1. The Morgan fingerprint density at radius 3 is 2.73 bits per heavy atom. The number of ether oxygens (including phenoxy) is 2. The first-order valence-electron chi connectivity index (χ1n) is 6.83. The van der Waals surface area contributed by atoms with Gasteiger partial charge >= 0.3 is 5.97 Å². The van der Waals surface area contributed by atoms with Crippen LogP contribution in [0.4, 0.5) is 0 Å². The minimum atomic E-state index is -1.29. The highest BCUT2D eigenvalue weighted by atomic mass is 16.6. The van der Waals surface area contributed by atoms with Gasteiger partial charge in [-0.2, -0.15) is 0 Å². The maximum Gasteiger partial charge on any atom is 0.338 e. The molecule has 1 aromatic carbocycles. The van der Waals surface area contributed by atoms with Crippen molar-refractivity contribution in [2.24, 2.45) is 5.11 Å². The molecule has 1 aromatic rings. The van der Waals surface area contributed by atoms with E-state index in [1.165, 1.54) is 0 Å². The zero-order valence-electron chi connectivity index (χ0n) is 11.9. The molecule has 0 aromatic heterocycles. The molecule has 2 rings (SSSR count). The van der Waals surface area contributed by atoms with E-state index < -0.39 is 43.0 Å². The van der Waals surface area contributed by atoms with Crippen molar-refractivity contribution < 1.29 is 24.5 Å². The van der Waals surface area contributed by atoms with Gasteiger partial charge in [0.15, 0.2) is 0 Å². The van der Waals surface area contributed by atoms with Gasteiger partial charge in [-0.3, -0.25) is 0 Å². The lowest BCUT2D eigenvalue weighted by molar-refractivity contribution is -0.184. The number of aliphatic hydroxyl groups is 2. The summed E-state index contributed by atoms with van der Waals surface area (Å²) in [7, 11) is 0. The fourth-order valence-corrected chi connectivity index (χ4v) is 2.39. The van der Waals surface area contributed by atoms with Crippen LogP contribution in [-0.4, -0.2) is 53.2 Å². The highest BCUT2D eigenvalue weighted by Gasteiger charge is 2.45. The first-order valence-corrected chi connectivity index (χ1v) is 6.83. The molecule has 0 amide bonds. The van der Waals surface area contributed by atoms with Crippen molar-refractivity contribution >= 4 is 5.97 Å². The third-order valence-corrected chi connectivity index (χ3v) is 3.54. The number of hydrogen-bond acceptors (Lipinski definition) is 6. The Kier molecular flexibility index (Phi) is 5.35. The number of azide groups is 1. The van der Waals surface area contributed by atoms with Gasteiger partial charge in [-0.05, 0) is 24.6 Å². The topological polar surface area (TPSA) is 125 Å². The molecule has 0 aliphatic carbocycles. The van der Waals surface area contributed by atoms with Crippen LogP contribution in [0.2, 0.25) is 0 Å². The normalized spacial score (nSPS) is 31.1. The molecule has 0 saturated carbocycles. The third-order valence-electron chi connectivity index (χ3n) is 3.54. The van der Waals surface area contributed by atoms with Crippen LogP contribution in [0, 0.1) is 0 Å². The molecule has 8 heteroatoms. The van der Waals surface area contributed by atoms with Gasteiger partial charge in [-0.25, -0.2) is 4.79 Å². The van der Waals surface area contributed by atoms with Crippen LogP contribution < -0.4 is 0 Å². The van der Waals surface area contributed by atoms with Crippen LogP contribution in [-0.2, 0) is 9.47 Å². The van der Waals surface area contributed by atoms with Crippen molar-refractivity contribution in [3.8, 4) is 0 Å². The molecule has 22 heavy (non-hydrogen) atoms. The summed E-state index contributed by atoms with van der Waals surface area (Å²) < 4.78 is 10.7. The Morgan fingerprint density at radius 2 is 2.14 bits per heavy atom. The smallest absolute Gasteiger partial charge is 0.338 e. The summed E-state index contributed by atoms with van der Waals surface area (Å²) in [5.74, 6) is -0.645. The number of nitrogens with zero attached hydrogens (tertiary/aromatic N) is 3. The van der Waals surface area contributed by atoms with Crippen molar-refractivity contribution in [2.75, 3.05) is 6.61 Å². The first kappa shape index (κ1) is 16.3. The summed E-state index contributed by atoms with van der Waals surface area (Å²) in [5, 5.41) is 23.0. The lowest BCUT2D eigenvalue weighted by atomic mass is 9.94. The first-order chi connectivity index (χ1) is 10.6. The standard InChI is InChI=1S/C14H17N3O5/c1-8-11(16-17-15)13(12(19)10(7-18)21-8)22-14(20)9-5-3-2-4-6-9/h2-6,8,10-13,18-19H,7H2,1H3/t8?,10?,11?,12-,13-/m1/s1. The van der Waals surface area contributed by atoms with E-state index in [0.29, 0.717) is 5.56 Å². The fraction of sp³-hybridized carbons (Fsp3) is 0.500. The summed E-state index contributed by atoms with van der Waals surface area (Å²) in [4.78, 5) is 14.8. The number of carbonyl (C=O) groups excluding carboxylic acids is 1. The van der Waals surface area contributed by atoms with Crippen molar-refractivity contribution in [3.63, 3.8) is 0 Å². The quantitative estimate of drug-likeness (QED) is 0.372. The highest BCUT2D eigenvalue weighted by Crippen LogP contribution is 2.26. The van der Waals surface area contributed by atoms with Crippen LogP contribution in [0.15, 0.2) is 35.4 Å². The van der Waals surface area contributed by atoms with Crippen LogP contribution in [0.1, 0.15) is 17.3 Å². The number of esters is 1. The van der Waals surface area contributed by atoms with Crippen LogP contribution in [0.3, 0.4) is 0 Å². The van der Waals surface area contributed by atoms with E-state index in [-0.39, 0.29) is 0 Å². The van der Waals surface area contributed by atoms with E-state index in [9.17, 15) is 15.0 Å². The van der Waals surface area contributed by atoms with E-state index >= 15 is 0 Å². The molecule has 0 spiro atoms. The zero-order chi connectivity index (χ0) is 16.1. The molecular weight excluding hydrogens is 290 g/mol. The molecule has 2 N–H and O–H groups in total. The van der Waals surface area contributed by atoms with Gasteiger partial charge < -0.3 is 19.7 Å². The second-order valence-corrected chi connectivity index (χ2v) is 4.98. The van der Waals surface area contributed by atoms with E-state index in [4.69, 9.17) is 15.0 Å². The second kappa shape index (κ2) is 7.24. The van der Waals surface area contributed by atoms with Gasteiger partial charge in [-0.1, -0.05) is 23.3 Å². The summed E-state index contributed by atoms with van der Waals surface area (Å²) in [6.07, 6.45) is -3.90. The SMILES string of the molecule is CC1OC(CO)[C@@H](O)[C@H](OC(=O)c2ccccc2)C1N=[N+]=[N-]. The lowest BCUT2D eigenvalue weighted by Crippen LogP contribution is -2.58. The molecule has 0 bridgehead atoms. The summed E-state index contributed by atoms with van der Waals surface area (Å²) in [5.41, 5.74) is 8.96. The summed E-state index contributed by atoms with van der Waals surface area (Å²) in [6, 6.07) is 7.39. The predicted octanol–water partition coefficient (Wildman–Crippen LogP) is 1.03.